The van der Waals surface area contributed by atoms with Gasteiger partial charge in [0.25, 0.3) is 0 Å². The quantitative estimate of drug-likeness (QED) is 0.294. The van der Waals surface area contributed by atoms with Gasteiger partial charge in [0.05, 0.1) is 5.69 Å². The summed E-state index contributed by atoms with van der Waals surface area (Å²) < 4.78 is 0. The highest BCUT2D eigenvalue weighted by Gasteiger charge is 2.03. The molecule has 3 nitrogen and oxygen atoms in total. The minimum atomic E-state index is 0.556. The Labute approximate surface area is 108 Å². The van der Waals surface area contributed by atoms with Crippen LogP contribution in [0.5, 0.6) is 0 Å². The largest absolute Gasteiger partial charge is 0.271 e. The van der Waals surface area contributed by atoms with Gasteiger partial charge in [0.15, 0.2) is 11.4 Å². The summed E-state index contributed by atoms with van der Waals surface area (Å²) in [5.41, 5.74) is 0.770. The Morgan fingerprint density at radius 3 is 2.81 bits per heavy atom. The predicted molar refractivity (Wildman–Crippen MR) is 72.6 cm³/mol. The van der Waals surface area contributed by atoms with E-state index in [1.165, 1.54) is 11.8 Å². The average molecular weight is 272 g/mol. The average Bonchev–Trinajstić information content (AvgIpc) is 2.29. The smallest absolute Gasteiger partial charge is 0.183 e. The second-order valence-corrected chi connectivity index (χ2v) is 4.75. The van der Waals surface area contributed by atoms with E-state index in [1.807, 2.05) is 30.8 Å². The molecule has 0 aliphatic heterocycles. The lowest BCUT2D eigenvalue weighted by atomic mass is 10.3. The summed E-state index contributed by atoms with van der Waals surface area (Å²) in [6.45, 7) is 0. The standard InChI is InChI=1S/C10H10ClN3S2/c1-15-9-4-3-7(11)5-8(9)14-10(16-2)13-6-12/h3-5H,1-2H3,(H,13,14). The Kier molecular flexibility index (Phi) is 5.53. The highest BCUT2D eigenvalue weighted by Crippen LogP contribution is 2.31. The van der Waals surface area contributed by atoms with Crippen molar-refractivity contribution in [1.82, 2.24) is 5.32 Å². The number of thioether (sulfide) groups is 2. The number of halogens is 1. The number of nitriles is 1. The Morgan fingerprint density at radius 1 is 1.50 bits per heavy atom. The Balaban J connectivity index is 3.11. The van der Waals surface area contributed by atoms with Gasteiger partial charge in [0.1, 0.15) is 0 Å². The molecule has 84 valence electrons. The molecule has 0 aliphatic rings. The molecule has 1 N–H and O–H groups in total. The molecule has 0 heterocycles. The minimum absolute atomic E-state index is 0.556. The molecule has 0 spiro atoms. The van der Waals surface area contributed by atoms with Crippen LogP contribution in [0, 0.1) is 11.5 Å². The van der Waals surface area contributed by atoms with Crippen molar-refractivity contribution in [3.8, 4) is 6.19 Å². The molecular formula is C10H10ClN3S2. The molecule has 1 aromatic rings. The van der Waals surface area contributed by atoms with Gasteiger partial charge in [-0.1, -0.05) is 23.4 Å². The van der Waals surface area contributed by atoms with Crippen LogP contribution in [-0.2, 0) is 0 Å². The zero-order chi connectivity index (χ0) is 12.0. The van der Waals surface area contributed by atoms with Crippen LogP contribution in [0.4, 0.5) is 5.69 Å². The van der Waals surface area contributed by atoms with Crippen LogP contribution in [0.1, 0.15) is 0 Å². The summed E-state index contributed by atoms with van der Waals surface area (Å²) in [5.74, 6) is 0. The Bertz CT molecular complexity index is 440. The molecule has 0 atom stereocenters. The van der Waals surface area contributed by atoms with E-state index in [2.05, 4.69) is 10.3 Å². The number of hydrogen-bond acceptors (Lipinski definition) is 4. The number of hydrogen-bond donors (Lipinski definition) is 1. The lowest BCUT2D eigenvalue weighted by Gasteiger charge is -2.05. The number of nitrogens with zero attached hydrogens (tertiary/aromatic N) is 2. The van der Waals surface area contributed by atoms with E-state index in [0.717, 1.165) is 10.6 Å². The molecule has 0 aromatic heterocycles. The number of rotatable bonds is 2. The molecule has 0 saturated heterocycles. The van der Waals surface area contributed by atoms with Gasteiger partial charge in [-0.2, -0.15) is 5.26 Å². The summed E-state index contributed by atoms with van der Waals surface area (Å²) in [6, 6.07) is 5.52. The van der Waals surface area contributed by atoms with Crippen LogP contribution in [0.3, 0.4) is 0 Å². The minimum Gasteiger partial charge on any atom is -0.271 e. The van der Waals surface area contributed by atoms with Crippen LogP contribution >= 0.6 is 35.1 Å². The van der Waals surface area contributed by atoms with Crippen molar-refractivity contribution >= 4 is 46.0 Å². The van der Waals surface area contributed by atoms with Crippen molar-refractivity contribution in [3.63, 3.8) is 0 Å². The van der Waals surface area contributed by atoms with Gasteiger partial charge in [-0.05, 0) is 30.7 Å². The highest BCUT2D eigenvalue weighted by atomic mass is 35.5. The first kappa shape index (κ1) is 13.2. The molecule has 6 heteroatoms. The topological polar surface area (TPSA) is 48.2 Å². The van der Waals surface area contributed by atoms with Crippen molar-refractivity contribution in [2.45, 2.75) is 4.90 Å². The molecule has 1 rings (SSSR count). The molecule has 0 fully saturated rings. The summed E-state index contributed by atoms with van der Waals surface area (Å²) in [4.78, 5) is 5.36. The SMILES string of the molecule is CSC(=Nc1cc(Cl)ccc1SC)NC#N. The Morgan fingerprint density at radius 2 is 2.25 bits per heavy atom. The van der Waals surface area contributed by atoms with E-state index < -0.39 is 0 Å². The summed E-state index contributed by atoms with van der Waals surface area (Å²) in [7, 11) is 0. The lowest BCUT2D eigenvalue weighted by molar-refractivity contribution is 1.26. The fraction of sp³-hybridized carbons (Fsp3) is 0.200. The fourth-order valence-corrected chi connectivity index (χ4v) is 2.05. The molecule has 0 unspecified atom stereocenters. The van der Waals surface area contributed by atoms with Crippen LogP contribution in [0.2, 0.25) is 5.02 Å². The van der Waals surface area contributed by atoms with Gasteiger partial charge >= 0.3 is 0 Å². The third kappa shape index (κ3) is 3.63. The third-order valence-electron chi connectivity index (χ3n) is 1.72. The van der Waals surface area contributed by atoms with E-state index in [0.29, 0.717) is 10.2 Å². The van der Waals surface area contributed by atoms with E-state index in [9.17, 15) is 0 Å². The number of nitrogens with one attached hydrogen (secondary N) is 1. The molecular weight excluding hydrogens is 262 g/mol. The van der Waals surface area contributed by atoms with E-state index in [1.54, 1.807) is 17.8 Å². The number of benzene rings is 1. The van der Waals surface area contributed by atoms with Crippen molar-refractivity contribution in [2.75, 3.05) is 12.5 Å². The van der Waals surface area contributed by atoms with Crippen molar-refractivity contribution in [3.05, 3.63) is 23.2 Å². The maximum absolute atomic E-state index is 8.54. The molecule has 16 heavy (non-hydrogen) atoms. The Hall–Kier alpha value is -0.830. The molecule has 0 bridgehead atoms. The van der Waals surface area contributed by atoms with Crippen LogP contribution in [0.15, 0.2) is 28.1 Å². The van der Waals surface area contributed by atoms with Crippen LogP contribution < -0.4 is 5.32 Å². The van der Waals surface area contributed by atoms with Crippen molar-refractivity contribution < 1.29 is 0 Å². The maximum Gasteiger partial charge on any atom is 0.183 e. The number of amidine groups is 1. The highest BCUT2D eigenvalue weighted by molar-refractivity contribution is 8.13. The van der Waals surface area contributed by atoms with E-state index in [4.69, 9.17) is 16.9 Å². The molecule has 0 radical (unpaired) electrons. The van der Waals surface area contributed by atoms with Gasteiger partial charge in [-0.25, -0.2) is 4.99 Å². The molecule has 0 aliphatic carbocycles. The zero-order valence-corrected chi connectivity index (χ0v) is 11.2. The first-order valence-electron chi connectivity index (χ1n) is 4.32. The normalized spacial score (nSPS) is 11.0. The fourth-order valence-electron chi connectivity index (χ4n) is 1.03. The van der Waals surface area contributed by atoms with Crippen molar-refractivity contribution in [2.24, 2.45) is 4.99 Å². The second-order valence-electron chi connectivity index (χ2n) is 2.67. The first-order chi connectivity index (χ1) is 7.71. The predicted octanol–water partition coefficient (Wildman–Crippen LogP) is 3.48. The van der Waals surface area contributed by atoms with E-state index in [-0.39, 0.29) is 0 Å². The van der Waals surface area contributed by atoms with Crippen LogP contribution in [-0.4, -0.2) is 17.7 Å². The molecule has 0 saturated carbocycles. The van der Waals surface area contributed by atoms with Gasteiger partial charge in [0, 0.05) is 9.92 Å². The van der Waals surface area contributed by atoms with Crippen molar-refractivity contribution in [1.29, 1.82) is 5.26 Å². The van der Waals surface area contributed by atoms with Gasteiger partial charge < -0.3 is 0 Å². The maximum atomic E-state index is 8.54. The summed E-state index contributed by atoms with van der Waals surface area (Å²) in [5, 5.41) is 12.2. The first-order valence-corrected chi connectivity index (χ1v) is 7.15. The van der Waals surface area contributed by atoms with Gasteiger partial charge in [0.2, 0.25) is 0 Å². The number of aliphatic imine (C=N–C) groups is 1. The van der Waals surface area contributed by atoms with Gasteiger partial charge in [-0.3, -0.25) is 5.32 Å². The van der Waals surface area contributed by atoms with Gasteiger partial charge in [-0.15, -0.1) is 11.8 Å². The molecule has 1 aromatic carbocycles. The summed E-state index contributed by atoms with van der Waals surface area (Å²) in [6.07, 6.45) is 5.67. The second kappa shape index (κ2) is 6.69. The molecule has 0 amide bonds. The zero-order valence-electron chi connectivity index (χ0n) is 8.82. The van der Waals surface area contributed by atoms with Crippen LogP contribution in [0.25, 0.3) is 0 Å². The lowest BCUT2D eigenvalue weighted by Crippen LogP contribution is -2.12. The summed E-state index contributed by atoms with van der Waals surface area (Å²) >= 11 is 8.87. The van der Waals surface area contributed by atoms with E-state index >= 15 is 0 Å². The third-order valence-corrected chi connectivity index (χ3v) is 3.32. The monoisotopic (exact) mass is 271 g/mol.